The number of anilines is 1. The molecule has 3 rings (SSSR count). The molecule has 0 fully saturated rings. The summed E-state index contributed by atoms with van der Waals surface area (Å²) in [5.41, 5.74) is 0.962. The van der Waals surface area contributed by atoms with Crippen molar-refractivity contribution in [1.29, 1.82) is 0 Å². The molecule has 0 aliphatic carbocycles. The number of fused-ring (bicyclic) bond motifs is 1. The van der Waals surface area contributed by atoms with Gasteiger partial charge in [-0.1, -0.05) is 31.2 Å². The van der Waals surface area contributed by atoms with E-state index in [-0.39, 0.29) is 0 Å². The van der Waals surface area contributed by atoms with Gasteiger partial charge < -0.3 is 5.32 Å². The first-order valence-corrected chi connectivity index (χ1v) is 7.97. The van der Waals surface area contributed by atoms with Crippen LogP contribution >= 0.6 is 22.6 Å². The van der Waals surface area contributed by atoms with Crippen molar-refractivity contribution in [1.82, 2.24) is 15.0 Å². The molecule has 0 unspecified atom stereocenters. The Morgan fingerprint density at radius 2 is 2.00 bits per heavy atom. The number of nitrogens with zero attached hydrogens (tertiary/aromatic N) is 3. The van der Waals surface area contributed by atoms with Gasteiger partial charge >= 0.3 is 0 Å². The van der Waals surface area contributed by atoms with E-state index in [2.05, 4.69) is 61.9 Å². The summed E-state index contributed by atoms with van der Waals surface area (Å²) in [7, 11) is 0. The van der Waals surface area contributed by atoms with E-state index in [4.69, 9.17) is 0 Å². The van der Waals surface area contributed by atoms with Crippen LogP contribution in [-0.2, 0) is 0 Å². The van der Waals surface area contributed by atoms with Gasteiger partial charge in [-0.05, 0) is 34.4 Å². The van der Waals surface area contributed by atoms with E-state index in [1.54, 1.807) is 0 Å². The fourth-order valence-electron chi connectivity index (χ4n) is 2.16. The zero-order chi connectivity index (χ0) is 14.7. The van der Waals surface area contributed by atoms with Crippen LogP contribution < -0.4 is 5.32 Å². The minimum atomic E-state index is 0.707. The van der Waals surface area contributed by atoms with E-state index in [9.17, 15) is 0 Å². The molecule has 0 spiro atoms. The van der Waals surface area contributed by atoms with Crippen LogP contribution in [0.4, 0.5) is 5.82 Å². The van der Waals surface area contributed by atoms with Gasteiger partial charge in [-0.25, -0.2) is 9.97 Å². The van der Waals surface area contributed by atoms with Gasteiger partial charge in [0, 0.05) is 36.1 Å². The van der Waals surface area contributed by atoms with Crippen LogP contribution in [0.25, 0.3) is 22.2 Å². The summed E-state index contributed by atoms with van der Waals surface area (Å²) in [5.74, 6) is 1.59. The fourth-order valence-corrected chi connectivity index (χ4v) is 2.61. The van der Waals surface area contributed by atoms with E-state index in [1.807, 2.05) is 30.7 Å². The van der Waals surface area contributed by atoms with E-state index in [0.717, 1.165) is 38.7 Å². The summed E-state index contributed by atoms with van der Waals surface area (Å²) < 4.78 is 1.03. The normalized spacial score (nSPS) is 10.8. The predicted molar refractivity (Wildman–Crippen MR) is 94.3 cm³/mol. The lowest BCUT2D eigenvalue weighted by Gasteiger charge is -2.09. The van der Waals surface area contributed by atoms with Crippen LogP contribution in [0, 0.1) is 3.57 Å². The number of aromatic nitrogens is 3. The topological polar surface area (TPSA) is 50.7 Å². The van der Waals surface area contributed by atoms with E-state index >= 15 is 0 Å². The van der Waals surface area contributed by atoms with Gasteiger partial charge in [0.2, 0.25) is 0 Å². The minimum absolute atomic E-state index is 0.707. The first-order valence-electron chi connectivity index (χ1n) is 6.89. The molecule has 0 bridgehead atoms. The SMILES string of the molecule is CCCNc1nc(-c2cncc3ccccc23)ncc1I. The van der Waals surface area contributed by atoms with Crippen molar-refractivity contribution in [2.24, 2.45) is 0 Å². The van der Waals surface area contributed by atoms with Crippen molar-refractivity contribution in [2.75, 3.05) is 11.9 Å². The third-order valence-corrected chi connectivity index (χ3v) is 3.99. The summed E-state index contributed by atoms with van der Waals surface area (Å²) >= 11 is 2.25. The first kappa shape index (κ1) is 14.2. The van der Waals surface area contributed by atoms with Crippen LogP contribution in [0.15, 0.2) is 42.9 Å². The zero-order valence-electron chi connectivity index (χ0n) is 11.7. The molecule has 0 saturated carbocycles. The second-order valence-electron chi connectivity index (χ2n) is 4.73. The Labute approximate surface area is 137 Å². The van der Waals surface area contributed by atoms with Gasteiger partial charge in [-0.15, -0.1) is 0 Å². The second-order valence-corrected chi connectivity index (χ2v) is 5.89. The monoisotopic (exact) mass is 390 g/mol. The van der Waals surface area contributed by atoms with Crippen molar-refractivity contribution in [2.45, 2.75) is 13.3 Å². The highest BCUT2D eigenvalue weighted by molar-refractivity contribution is 14.1. The molecule has 106 valence electrons. The summed E-state index contributed by atoms with van der Waals surface area (Å²) in [4.78, 5) is 13.4. The quantitative estimate of drug-likeness (QED) is 0.681. The molecule has 0 radical (unpaired) electrons. The molecule has 2 aromatic heterocycles. The number of hydrogen-bond acceptors (Lipinski definition) is 4. The molecule has 2 heterocycles. The zero-order valence-corrected chi connectivity index (χ0v) is 13.8. The van der Waals surface area contributed by atoms with Gasteiger partial charge in [-0.2, -0.15) is 0 Å². The Morgan fingerprint density at radius 3 is 2.86 bits per heavy atom. The second kappa shape index (κ2) is 6.34. The maximum absolute atomic E-state index is 4.66. The third-order valence-electron chi connectivity index (χ3n) is 3.20. The van der Waals surface area contributed by atoms with Crippen molar-refractivity contribution in [3.63, 3.8) is 0 Å². The van der Waals surface area contributed by atoms with Crippen LogP contribution in [0.3, 0.4) is 0 Å². The lowest BCUT2D eigenvalue weighted by Crippen LogP contribution is -2.05. The van der Waals surface area contributed by atoms with Crippen LogP contribution in [0.5, 0.6) is 0 Å². The number of nitrogens with one attached hydrogen (secondary N) is 1. The number of hydrogen-bond donors (Lipinski definition) is 1. The number of halogens is 1. The van der Waals surface area contributed by atoms with Crippen molar-refractivity contribution in [3.8, 4) is 11.4 Å². The highest BCUT2D eigenvalue weighted by Crippen LogP contribution is 2.26. The summed E-state index contributed by atoms with van der Waals surface area (Å²) in [6.45, 7) is 3.04. The van der Waals surface area contributed by atoms with E-state index < -0.39 is 0 Å². The fraction of sp³-hybridized carbons (Fsp3) is 0.188. The molecule has 1 N–H and O–H groups in total. The molecular weight excluding hydrogens is 375 g/mol. The Balaban J connectivity index is 2.10. The smallest absolute Gasteiger partial charge is 0.163 e. The Hall–Kier alpha value is -1.76. The van der Waals surface area contributed by atoms with E-state index in [1.165, 1.54) is 0 Å². The largest absolute Gasteiger partial charge is 0.369 e. The minimum Gasteiger partial charge on any atom is -0.369 e. The summed E-state index contributed by atoms with van der Waals surface area (Å²) in [6, 6.07) is 8.16. The van der Waals surface area contributed by atoms with Gasteiger partial charge in [0.1, 0.15) is 5.82 Å². The highest BCUT2D eigenvalue weighted by atomic mass is 127. The standard InChI is InChI=1S/C16H15IN4/c1-2-7-19-16-14(17)10-20-15(21-16)13-9-18-8-11-5-3-4-6-12(11)13/h3-6,8-10H,2,7H2,1H3,(H,19,20,21). The molecule has 3 aromatic rings. The lowest BCUT2D eigenvalue weighted by molar-refractivity contribution is 0.963. The number of pyridine rings is 1. The van der Waals surface area contributed by atoms with E-state index in [0.29, 0.717) is 5.82 Å². The summed E-state index contributed by atoms with van der Waals surface area (Å²) in [6.07, 6.45) is 6.60. The maximum atomic E-state index is 4.66. The Kier molecular flexibility index (Phi) is 4.28. The molecule has 21 heavy (non-hydrogen) atoms. The lowest BCUT2D eigenvalue weighted by atomic mass is 10.1. The average molecular weight is 390 g/mol. The molecule has 0 amide bonds. The molecule has 4 nitrogen and oxygen atoms in total. The van der Waals surface area contributed by atoms with Crippen LogP contribution in [-0.4, -0.2) is 21.5 Å². The van der Waals surface area contributed by atoms with Gasteiger partial charge in [0.05, 0.1) is 3.57 Å². The van der Waals surface area contributed by atoms with Crippen molar-refractivity contribution >= 4 is 39.2 Å². The first-order chi connectivity index (χ1) is 10.3. The Morgan fingerprint density at radius 1 is 1.14 bits per heavy atom. The molecular formula is C16H15IN4. The van der Waals surface area contributed by atoms with Crippen molar-refractivity contribution in [3.05, 3.63) is 46.4 Å². The van der Waals surface area contributed by atoms with Gasteiger partial charge in [-0.3, -0.25) is 4.98 Å². The molecule has 0 atom stereocenters. The predicted octanol–water partition coefficient (Wildman–Crippen LogP) is 4.12. The molecule has 0 aliphatic rings. The molecule has 0 aliphatic heterocycles. The number of benzene rings is 1. The van der Waals surface area contributed by atoms with Crippen molar-refractivity contribution < 1.29 is 0 Å². The average Bonchev–Trinajstić information content (AvgIpc) is 2.54. The summed E-state index contributed by atoms with van der Waals surface area (Å²) in [5, 5.41) is 5.56. The van der Waals surface area contributed by atoms with Gasteiger partial charge in [0.25, 0.3) is 0 Å². The van der Waals surface area contributed by atoms with Gasteiger partial charge in [0.15, 0.2) is 5.82 Å². The highest BCUT2D eigenvalue weighted by Gasteiger charge is 2.10. The van der Waals surface area contributed by atoms with Crippen LogP contribution in [0.2, 0.25) is 0 Å². The third kappa shape index (κ3) is 2.97. The maximum Gasteiger partial charge on any atom is 0.163 e. The Bertz CT molecular complexity index is 768. The van der Waals surface area contributed by atoms with Crippen LogP contribution in [0.1, 0.15) is 13.3 Å². The molecule has 0 saturated heterocycles. The molecule has 5 heteroatoms. The number of rotatable bonds is 4. The molecule has 1 aromatic carbocycles.